The van der Waals surface area contributed by atoms with Crippen LogP contribution in [0.4, 0.5) is 0 Å². The predicted molar refractivity (Wildman–Crippen MR) is 79.0 cm³/mol. The summed E-state index contributed by atoms with van der Waals surface area (Å²) in [5.74, 6) is 0. The molecule has 1 unspecified atom stereocenters. The van der Waals surface area contributed by atoms with Crippen molar-refractivity contribution in [3.63, 3.8) is 0 Å². The highest BCUT2D eigenvalue weighted by Gasteiger charge is 2.31. The first-order valence-electron chi connectivity index (χ1n) is 7.27. The molecule has 0 spiro atoms. The highest BCUT2D eigenvalue weighted by Crippen LogP contribution is 2.22. The number of ether oxygens (including phenoxy) is 1. The number of rotatable bonds is 5. The van der Waals surface area contributed by atoms with Crippen LogP contribution in [-0.2, 0) is 10.3 Å². The van der Waals surface area contributed by atoms with Crippen molar-refractivity contribution < 1.29 is 4.74 Å². The Morgan fingerprint density at radius 3 is 2.55 bits per heavy atom. The second kappa shape index (κ2) is 6.85. The second-order valence-corrected chi connectivity index (χ2v) is 5.38. The summed E-state index contributed by atoms with van der Waals surface area (Å²) < 4.78 is 5.65. The van der Waals surface area contributed by atoms with Crippen molar-refractivity contribution >= 4 is 0 Å². The molecule has 1 fully saturated rings. The van der Waals surface area contributed by atoms with E-state index in [0.717, 1.165) is 38.1 Å². The van der Waals surface area contributed by atoms with Crippen molar-refractivity contribution in [1.29, 1.82) is 5.26 Å². The summed E-state index contributed by atoms with van der Waals surface area (Å²) in [7, 11) is 0. The van der Waals surface area contributed by atoms with Gasteiger partial charge in [-0.05, 0) is 25.3 Å². The number of nitrogens with zero attached hydrogens (tertiary/aromatic N) is 2. The highest BCUT2D eigenvalue weighted by atomic mass is 16.5. The summed E-state index contributed by atoms with van der Waals surface area (Å²) in [6.07, 6.45) is 2.40. The molecule has 1 saturated heterocycles. The topological polar surface area (TPSA) is 62.3 Å². The van der Waals surface area contributed by atoms with Crippen molar-refractivity contribution in [3.05, 3.63) is 35.9 Å². The molecule has 2 N–H and O–H groups in total. The minimum absolute atomic E-state index is 0.363. The van der Waals surface area contributed by atoms with Crippen molar-refractivity contribution in [2.45, 2.75) is 31.4 Å². The molecule has 20 heavy (non-hydrogen) atoms. The van der Waals surface area contributed by atoms with Gasteiger partial charge in [0.15, 0.2) is 0 Å². The maximum atomic E-state index is 9.48. The molecular weight excluding hydrogens is 250 g/mol. The van der Waals surface area contributed by atoms with Crippen molar-refractivity contribution in [2.75, 3.05) is 26.2 Å². The van der Waals surface area contributed by atoms with Crippen LogP contribution in [0.5, 0.6) is 0 Å². The third-order valence-electron chi connectivity index (χ3n) is 3.90. The van der Waals surface area contributed by atoms with Crippen LogP contribution in [0.2, 0.25) is 0 Å². The fraction of sp³-hybridized carbons (Fsp3) is 0.562. The molecule has 4 nitrogen and oxygen atoms in total. The number of piperidine rings is 1. The molecule has 1 aromatic carbocycles. The lowest BCUT2D eigenvalue weighted by molar-refractivity contribution is 0.0113. The predicted octanol–water partition coefficient (Wildman–Crippen LogP) is 1.87. The molecule has 1 atom stereocenters. The summed E-state index contributed by atoms with van der Waals surface area (Å²) in [5, 5.41) is 9.48. The van der Waals surface area contributed by atoms with Gasteiger partial charge in [-0.3, -0.25) is 4.90 Å². The van der Waals surface area contributed by atoms with Gasteiger partial charge in [-0.1, -0.05) is 30.3 Å². The Bertz CT molecular complexity index is 449. The lowest BCUT2D eigenvalue weighted by Gasteiger charge is -2.35. The van der Waals surface area contributed by atoms with Gasteiger partial charge in [0.05, 0.1) is 12.2 Å². The summed E-state index contributed by atoms with van der Waals surface area (Å²) in [6, 6.07) is 11.9. The van der Waals surface area contributed by atoms with Gasteiger partial charge in [-0.2, -0.15) is 5.26 Å². The minimum atomic E-state index is -0.931. The molecule has 0 amide bonds. The Balaban J connectivity index is 1.97. The molecule has 108 valence electrons. The molecule has 4 heteroatoms. The fourth-order valence-corrected chi connectivity index (χ4v) is 2.75. The van der Waals surface area contributed by atoms with E-state index in [2.05, 4.69) is 11.0 Å². The van der Waals surface area contributed by atoms with E-state index in [9.17, 15) is 5.26 Å². The number of nitrogens with two attached hydrogens (primary N) is 1. The van der Waals surface area contributed by atoms with Crippen LogP contribution in [0.15, 0.2) is 30.3 Å². The summed E-state index contributed by atoms with van der Waals surface area (Å²) in [4.78, 5) is 2.27. The van der Waals surface area contributed by atoms with E-state index >= 15 is 0 Å². The van der Waals surface area contributed by atoms with Crippen molar-refractivity contribution in [2.24, 2.45) is 5.73 Å². The zero-order valence-corrected chi connectivity index (χ0v) is 12.1. The van der Waals surface area contributed by atoms with E-state index in [1.54, 1.807) is 0 Å². The molecule has 2 rings (SSSR count). The molecule has 1 aromatic rings. The SMILES string of the molecule is CCOC1CCN(CC(N)(C#N)c2ccccc2)CC1. The maximum absolute atomic E-state index is 9.48. The first kappa shape index (κ1) is 15.0. The normalized spacial score (nSPS) is 20.2. The van der Waals surface area contributed by atoms with E-state index < -0.39 is 5.54 Å². The minimum Gasteiger partial charge on any atom is -0.378 e. The van der Waals surface area contributed by atoms with Crippen LogP contribution in [0.3, 0.4) is 0 Å². The van der Waals surface area contributed by atoms with Gasteiger partial charge in [0.2, 0.25) is 0 Å². The third-order valence-corrected chi connectivity index (χ3v) is 3.90. The Morgan fingerprint density at radius 1 is 1.35 bits per heavy atom. The van der Waals surface area contributed by atoms with Crippen LogP contribution >= 0.6 is 0 Å². The monoisotopic (exact) mass is 273 g/mol. The van der Waals surface area contributed by atoms with Crippen LogP contribution in [0, 0.1) is 11.3 Å². The quantitative estimate of drug-likeness (QED) is 0.889. The number of hydrogen-bond acceptors (Lipinski definition) is 4. The average molecular weight is 273 g/mol. The lowest BCUT2D eigenvalue weighted by Crippen LogP contribution is -2.49. The number of benzene rings is 1. The zero-order chi connectivity index (χ0) is 14.4. The highest BCUT2D eigenvalue weighted by molar-refractivity contribution is 5.31. The van der Waals surface area contributed by atoms with Gasteiger partial charge in [-0.25, -0.2) is 0 Å². The van der Waals surface area contributed by atoms with E-state index in [4.69, 9.17) is 10.5 Å². The van der Waals surface area contributed by atoms with Gasteiger partial charge >= 0.3 is 0 Å². The Hall–Kier alpha value is -1.41. The molecule has 0 aliphatic carbocycles. The smallest absolute Gasteiger partial charge is 0.142 e. The molecular formula is C16H23N3O. The third kappa shape index (κ3) is 3.57. The Morgan fingerprint density at radius 2 is 2.00 bits per heavy atom. The standard InChI is InChI=1S/C16H23N3O/c1-2-20-15-8-10-19(11-9-15)13-16(18,12-17)14-6-4-3-5-7-14/h3-7,15H,2,8-11,13,18H2,1H3. The first-order valence-corrected chi connectivity index (χ1v) is 7.27. The Labute approximate surface area is 121 Å². The van der Waals surface area contributed by atoms with Gasteiger partial charge in [0.25, 0.3) is 0 Å². The van der Waals surface area contributed by atoms with Crippen molar-refractivity contribution in [1.82, 2.24) is 4.90 Å². The lowest BCUT2D eigenvalue weighted by atomic mass is 9.91. The maximum Gasteiger partial charge on any atom is 0.142 e. The van der Waals surface area contributed by atoms with E-state index in [-0.39, 0.29) is 0 Å². The molecule has 0 radical (unpaired) electrons. The zero-order valence-electron chi connectivity index (χ0n) is 12.1. The van der Waals surface area contributed by atoms with Crippen molar-refractivity contribution in [3.8, 4) is 6.07 Å². The Kier molecular flexibility index (Phi) is 5.13. The summed E-state index contributed by atoms with van der Waals surface area (Å²) in [6.45, 7) is 5.26. The van der Waals surface area contributed by atoms with Crippen LogP contribution in [-0.4, -0.2) is 37.2 Å². The molecule has 1 aliphatic heterocycles. The van der Waals surface area contributed by atoms with Crippen LogP contribution in [0.1, 0.15) is 25.3 Å². The second-order valence-electron chi connectivity index (χ2n) is 5.38. The van der Waals surface area contributed by atoms with Gasteiger partial charge in [0, 0.05) is 26.2 Å². The van der Waals surface area contributed by atoms with E-state index in [1.807, 2.05) is 37.3 Å². The largest absolute Gasteiger partial charge is 0.378 e. The average Bonchev–Trinajstić information content (AvgIpc) is 2.50. The summed E-state index contributed by atoms with van der Waals surface area (Å²) >= 11 is 0. The molecule has 1 aliphatic rings. The molecule has 0 bridgehead atoms. The number of hydrogen-bond donors (Lipinski definition) is 1. The van der Waals surface area contributed by atoms with Crippen LogP contribution in [0.25, 0.3) is 0 Å². The summed E-state index contributed by atoms with van der Waals surface area (Å²) in [5.41, 5.74) is 6.26. The molecule has 0 aromatic heterocycles. The van der Waals surface area contributed by atoms with E-state index in [0.29, 0.717) is 12.6 Å². The fourth-order valence-electron chi connectivity index (χ4n) is 2.75. The van der Waals surface area contributed by atoms with Gasteiger partial charge in [-0.15, -0.1) is 0 Å². The molecule has 0 saturated carbocycles. The van der Waals surface area contributed by atoms with Gasteiger partial charge < -0.3 is 10.5 Å². The number of nitriles is 1. The van der Waals surface area contributed by atoms with E-state index in [1.165, 1.54) is 0 Å². The number of likely N-dealkylation sites (tertiary alicyclic amines) is 1. The molecule has 1 heterocycles. The first-order chi connectivity index (χ1) is 9.68. The van der Waals surface area contributed by atoms with Crippen LogP contribution < -0.4 is 5.73 Å². The van der Waals surface area contributed by atoms with Gasteiger partial charge in [0.1, 0.15) is 5.54 Å².